The fourth-order valence-electron chi connectivity index (χ4n) is 1.68. The highest BCUT2D eigenvalue weighted by atomic mass is 32.1. The van der Waals surface area contributed by atoms with Gasteiger partial charge in [0.05, 0.1) is 5.69 Å². The van der Waals surface area contributed by atoms with Crippen molar-refractivity contribution in [1.29, 1.82) is 0 Å². The lowest BCUT2D eigenvalue weighted by atomic mass is 9.97. The second-order valence-electron chi connectivity index (χ2n) is 5.19. The van der Waals surface area contributed by atoms with Gasteiger partial charge in [-0.2, -0.15) is 0 Å². The summed E-state index contributed by atoms with van der Waals surface area (Å²) in [5, 5.41) is 5.41. The first-order valence-corrected chi connectivity index (χ1v) is 7.47. The normalized spacial score (nSPS) is 12.4. The SMILES string of the molecule is CC(C)C(C)C(=O)Nc1nc(-c2cccc(N)c2)cs1. The molecule has 1 aromatic carbocycles. The molecule has 1 unspecified atom stereocenters. The van der Waals surface area contributed by atoms with Crippen molar-refractivity contribution in [2.75, 3.05) is 11.1 Å². The van der Waals surface area contributed by atoms with E-state index in [0.717, 1.165) is 11.3 Å². The number of rotatable bonds is 4. The Bertz CT molecular complexity index is 607. The van der Waals surface area contributed by atoms with Gasteiger partial charge in [0.25, 0.3) is 0 Å². The molecule has 1 atom stereocenters. The van der Waals surface area contributed by atoms with Crippen LogP contribution in [0.2, 0.25) is 0 Å². The van der Waals surface area contributed by atoms with Gasteiger partial charge in [0.1, 0.15) is 0 Å². The van der Waals surface area contributed by atoms with Gasteiger partial charge in [-0.25, -0.2) is 4.98 Å². The van der Waals surface area contributed by atoms with Gasteiger partial charge < -0.3 is 11.1 Å². The Hall–Kier alpha value is -1.88. The minimum Gasteiger partial charge on any atom is -0.399 e. The Labute approximate surface area is 123 Å². The summed E-state index contributed by atoms with van der Waals surface area (Å²) in [5.41, 5.74) is 8.25. The molecule has 1 heterocycles. The van der Waals surface area contributed by atoms with Crippen LogP contribution in [0.3, 0.4) is 0 Å². The van der Waals surface area contributed by atoms with Crippen molar-refractivity contribution in [2.45, 2.75) is 20.8 Å². The third-order valence-corrected chi connectivity index (χ3v) is 4.09. The lowest BCUT2D eigenvalue weighted by Crippen LogP contribution is -2.24. The van der Waals surface area contributed by atoms with Gasteiger partial charge in [-0.3, -0.25) is 4.79 Å². The van der Waals surface area contributed by atoms with E-state index in [9.17, 15) is 4.79 Å². The van der Waals surface area contributed by atoms with Gasteiger partial charge in [-0.15, -0.1) is 11.3 Å². The second kappa shape index (κ2) is 6.05. The number of hydrogen-bond donors (Lipinski definition) is 2. The van der Waals surface area contributed by atoms with Crippen LogP contribution in [0.4, 0.5) is 10.8 Å². The maximum Gasteiger partial charge on any atom is 0.229 e. The monoisotopic (exact) mass is 289 g/mol. The number of thiazole rings is 1. The quantitative estimate of drug-likeness (QED) is 0.845. The highest BCUT2D eigenvalue weighted by molar-refractivity contribution is 7.14. The van der Waals surface area contributed by atoms with Gasteiger partial charge in [0, 0.05) is 22.5 Å². The average Bonchev–Trinajstić information content (AvgIpc) is 2.86. The molecule has 5 heteroatoms. The van der Waals surface area contributed by atoms with Crippen molar-refractivity contribution in [1.82, 2.24) is 4.98 Å². The summed E-state index contributed by atoms with van der Waals surface area (Å²) in [6, 6.07) is 7.55. The summed E-state index contributed by atoms with van der Waals surface area (Å²) in [6.45, 7) is 5.99. The summed E-state index contributed by atoms with van der Waals surface area (Å²) in [7, 11) is 0. The molecule has 0 spiro atoms. The van der Waals surface area contributed by atoms with E-state index in [1.807, 2.05) is 50.4 Å². The first kappa shape index (κ1) is 14.5. The zero-order valence-corrected chi connectivity index (χ0v) is 12.7. The van der Waals surface area contributed by atoms with Crippen LogP contribution in [-0.2, 0) is 4.79 Å². The summed E-state index contributed by atoms with van der Waals surface area (Å²) >= 11 is 1.42. The minimum absolute atomic E-state index is 0.00785. The summed E-state index contributed by atoms with van der Waals surface area (Å²) in [4.78, 5) is 16.4. The molecule has 0 aliphatic rings. The molecule has 2 aromatic rings. The van der Waals surface area contributed by atoms with E-state index < -0.39 is 0 Å². The molecule has 1 amide bonds. The van der Waals surface area contributed by atoms with E-state index in [2.05, 4.69) is 10.3 Å². The number of aromatic nitrogens is 1. The van der Waals surface area contributed by atoms with Crippen LogP contribution in [0, 0.1) is 11.8 Å². The van der Waals surface area contributed by atoms with Crippen molar-refractivity contribution in [3.05, 3.63) is 29.6 Å². The number of hydrogen-bond acceptors (Lipinski definition) is 4. The zero-order valence-electron chi connectivity index (χ0n) is 11.9. The van der Waals surface area contributed by atoms with Crippen LogP contribution in [-0.4, -0.2) is 10.9 Å². The second-order valence-corrected chi connectivity index (χ2v) is 6.04. The molecule has 106 valence electrons. The molecule has 0 saturated carbocycles. The third-order valence-electron chi connectivity index (χ3n) is 3.33. The summed E-state index contributed by atoms with van der Waals surface area (Å²) < 4.78 is 0. The molecule has 0 bridgehead atoms. The van der Waals surface area contributed by atoms with E-state index in [4.69, 9.17) is 5.73 Å². The Kier molecular flexibility index (Phi) is 4.39. The summed E-state index contributed by atoms with van der Waals surface area (Å²) in [5.74, 6) is 0.284. The van der Waals surface area contributed by atoms with Crippen LogP contribution in [0.1, 0.15) is 20.8 Å². The van der Waals surface area contributed by atoms with Crippen LogP contribution < -0.4 is 11.1 Å². The van der Waals surface area contributed by atoms with Crippen molar-refractivity contribution < 1.29 is 4.79 Å². The average molecular weight is 289 g/mol. The van der Waals surface area contributed by atoms with E-state index in [-0.39, 0.29) is 11.8 Å². The smallest absolute Gasteiger partial charge is 0.229 e. The Morgan fingerprint density at radius 1 is 1.35 bits per heavy atom. The van der Waals surface area contributed by atoms with Crippen LogP contribution in [0.5, 0.6) is 0 Å². The number of carbonyl (C=O) groups excluding carboxylic acids is 1. The topological polar surface area (TPSA) is 68.0 Å². The van der Waals surface area contributed by atoms with Crippen molar-refractivity contribution >= 4 is 28.1 Å². The van der Waals surface area contributed by atoms with Crippen molar-refractivity contribution in [3.63, 3.8) is 0 Å². The van der Waals surface area contributed by atoms with Gasteiger partial charge in [-0.05, 0) is 18.1 Å². The Morgan fingerprint density at radius 3 is 2.75 bits per heavy atom. The Balaban J connectivity index is 2.12. The van der Waals surface area contributed by atoms with E-state index in [1.165, 1.54) is 11.3 Å². The molecule has 2 rings (SSSR count). The third kappa shape index (κ3) is 3.36. The maximum absolute atomic E-state index is 12.0. The molecule has 0 aliphatic carbocycles. The fourth-order valence-corrected chi connectivity index (χ4v) is 2.41. The van der Waals surface area contributed by atoms with Gasteiger partial charge in [0.2, 0.25) is 5.91 Å². The fraction of sp³-hybridized carbons (Fsp3) is 0.333. The number of benzene rings is 1. The lowest BCUT2D eigenvalue weighted by molar-refractivity contribution is -0.120. The molecule has 0 fully saturated rings. The van der Waals surface area contributed by atoms with Crippen LogP contribution in [0.25, 0.3) is 11.3 Å². The van der Waals surface area contributed by atoms with Crippen LogP contribution >= 0.6 is 11.3 Å². The maximum atomic E-state index is 12.0. The number of carbonyl (C=O) groups is 1. The Morgan fingerprint density at radius 2 is 2.10 bits per heavy atom. The first-order valence-electron chi connectivity index (χ1n) is 6.59. The predicted molar refractivity (Wildman–Crippen MR) is 84.6 cm³/mol. The van der Waals surface area contributed by atoms with E-state index >= 15 is 0 Å². The molecular formula is C15H19N3OS. The van der Waals surface area contributed by atoms with Crippen LogP contribution in [0.15, 0.2) is 29.6 Å². The molecule has 4 nitrogen and oxygen atoms in total. The lowest BCUT2D eigenvalue weighted by Gasteiger charge is -2.13. The standard InChI is InChI=1S/C15H19N3OS/c1-9(2)10(3)14(19)18-15-17-13(8-20-15)11-5-4-6-12(16)7-11/h4-10H,16H2,1-3H3,(H,17,18,19). The van der Waals surface area contributed by atoms with E-state index in [1.54, 1.807) is 0 Å². The summed E-state index contributed by atoms with van der Waals surface area (Å²) in [6.07, 6.45) is 0. The zero-order chi connectivity index (χ0) is 14.7. The number of amides is 1. The van der Waals surface area contributed by atoms with Gasteiger partial charge >= 0.3 is 0 Å². The number of anilines is 2. The first-order chi connectivity index (χ1) is 9.47. The van der Waals surface area contributed by atoms with Crippen molar-refractivity contribution in [2.24, 2.45) is 11.8 Å². The molecule has 0 radical (unpaired) electrons. The number of nitrogen functional groups attached to an aromatic ring is 1. The highest BCUT2D eigenvalue weighted by Gasteiger charge is 2.17. The number of nitrogens with two attached hydrogens (primary N) is 1. The predicted octanol–water partition coefficient (Wildman–Crippen LogP) is 3.62. The minimum atomic E-state index is -0.0327. The highest BCUT2D eigenvalue weighted by Crippen LogP contribution is 2.26. The van der Waals surface area contributed by atoms with E-state index in [0.29, 0.717) is 16.7 Å². The molecule has 1 aromatic heterocycles. The van der Waals surface area contributed by atoms with Gasteiger partial charge in [-0.1, -0.05) is 32.9 Å². The largest absolute Gasteiger partial charge is 0.399 e. The number of nitrogens with one attached hydrogen (secondary N) is 1. The molecule has 20 heavy (non-hydrogen) atoms. The number of nitrogens with zero attached hydrogens (tertiary/aromatic N) is 1. The van der Waals surface area contributed by atoms with Crippen molar-refractivity contribution in [3.8, 4) is 11.3 Å². The molecule has 0 aliphatic heterocycles. The van der Waals surface area contributed by atoms with Gasteiger partial charge in [0.15, 0.2) is 5.13 Å². The molecular weight excluding hydrogens is 270 g/mol. The molecule has 3 N–H and O–H groups in total. The molecule has 0 saturated heterocycles.